The number of carboxylic acid groups (broad SMARTS) is 1. The molecule has 0 atom stereocenters. The van der Waals surface area contributed by atoms with Gasteiger partial charge in [-0.05, 0) is 17.7 Å². The van der Waals surface area contributed by atoms with Crippen LogP contribution in [0.25, 0.3) is 21.3 Å². The van der Waals surface area contributed by atoms with Crippen molar-refractivity contribution in [1.82, 2.24) is 4.98 Å². The summed E-state index contributed by atoms with van der Waals surface area (Å²) >= 11 is 1.22. The van der Waals surface area contributed by atoms with Crippen LogP contribution in [0.3, 0.4) is 0 Å². The van der Waals surface area contributed by atoms with Crippen LogP contribution in [-0.4, -0.2) is 16.1 Å². The normalized spacial score (nSPS) is 10.8. The van der Waals surface area contributed by atoms with E-state index in [1.807, 2.05) is 42.5 Å². The van der Waals surface area contributed by atoms with Crippen LogP contribution in [0.2, 0.25) is 0 Å². The van der Waals surface area contributed by atoms with Gasteiger partial charge in [-0.15, -0.1) is 11.3 Å². The number of carbonyl (C=O) groups is 1. The first kappa shape index (κ1) is 11.9. The highest BCUT2D eigenvalue weighted by atomic mass is 32.1. The number of aryl methyl sites for hydroxylation is 1. The summed E-state index contributed by atoms with van der Waals surface area (Å²) in [6.45, 7) is 1.73. The summed E-state index contributed by atoms with van der Waals surface area (Å²) in [7, 11) is 0. The van der Waals surface area contributed by atoms with E-state index in [1.165, 1.54) is 11.3 Å². The van der Waals surface area contributed by atoms with Crippen molar-refractivity contribution in [2.24, 2.45) is 0 Å². The molecule has 94 valence electrons. The Hall–Kier alpha value is -2.20. The van der Waals surface area contributed by atoms with E-state index in [9.17, 15) is 4.79 Å². The third kappa shape index (κ3) is 2.00. The van der Waals surface area contributed by atoms with Gasteiger partial charge in [-0.1, -0.05) is 42.5 Å². The van der Waals surface area contributed by atoms with Crippen molar-refractivity contribution >= 4 is 28.1 Å². The Morgan fingerprint density at radius 3 is 2.63 bits per heavy atom. The van der Waals surface area contributed by atoms with Crippen molar-refractivity contribution in [3.63, 3.8) is 0 Å². The highest BCUT2D eigenvalue weighted by molar-refractivity contribution is 7.17. The molecule has 0 amide bonds. The highest BCUT2D eigenvalue weighted by Gasteiger charge is 2.16. The molecule has 3 aromatic rings. The van der Waals surface area contributed by atoms with E-state index >= 15 is 0 Å². The molecule has 0 fully saturated rings. The summed E-state index contributed by atoms with van der Waals surface area (Å²) in [6.07, 6.45) is 0. The van der Waals surface area contributed by atoms with E-state index in [0.717, 1.165) is 21.3 Å². The van der Waals surface area contributed by atoms with Gasteiger partial charge in [-0.25, -0.2) is 9.78 Å². The Bertz CT molecular complexity index is 771. The molecule has 3 rings (SSSR count). The number of carboxylic acids is 1. The molecule has 0 saturated heterocycles. The van der Waals surface area contributed by atoms with Crippen molar-refractivity contribution in [2.45, 2.75) is 6.92 Å². The van der Waals surface area contributed by atoms with Crippen LogP contribution in [0.15, 0.2) is 42.5 Å². The zero-order chi connectivity index (χ0) is 13.4. The number of hydrogen-bond donors (Lipinski definition) is 1. The number of aromatic nitrogens is 1. The van der Waals surface area contributed by atoms with Gasteiger partial charge in [0.2, 0.25) is 0 Å². The first-order valence-electron chi connectivity index (χ1n) is 5.85. The fourth-order valence-electron chi connectivity index (χ4n) is 2.12. The monoisotopic (exact) mass is 269 g/mol. The molecule has 4 heteroatoms. The number of hydrogen-bond acceptors (Lipinski definition) is 3. The van der Waals surface area contributed by atoms with Gasteiger partial charge in [0, 0.05) is 5.56 Å². The molecule has 0 aliphatic heterocycles. The summed E-state index contributed by atoms with van der Waals surface area (Å²) in [4.78, 5) is 15.8. The van der Waals surface area contributed by atoms with Crippen LogP contribution in [0.5, 0.6) is 0 Å². The average Bonchev–Trinajstić information content (AvgIpc) is 2.80. The van der Waals surface area contributed by atoms with Crippen LogP contribution in [0.1, 0.15) is 15.4 Å². The van der Waals surface area contributed by atoms with Crippen LogP contribution in [-0.2, 0) is 0 Å². The lowest BCUT2D eigenvalue weighted by Crippen LogP contribution is -1.94. The van der Waals surface area contributed by atoms with E-state index in [-0.39, 0.29) is 0 Å². The fourth-order valence-corrected chi connectivity index (χ4v) is 3.07. The topological polar surface area (TPSA) is 50.2 Å². The zero-order valence-corrected chi connectivity index (χ0v) is 11.1. The standard InChI is InChI=1S/C15H11NO2S/c1-9-13(15(17)18)19-14(16-9)12-8-4-6-10-5-2-3-7-11(10)12/h2-8H,1H3,(H,17,18). The minimum absolute atomic E-state index is 0.308. The van der Waals surface area contributed by atoms with Crippen LogP contribution in [0.4, 0.5) is 0 Å². The van der Waals surface area contributed by atoms with Gasteiger partial charge in [-0.2, -0.15) is 0 Å². The molecule has 0 unspecified atom stereocenters. The molecule has 1 N–H and O–H groups in total. The van der Waals surface area contributed by atoms with Crippen molar-refractivity contribution in [3.05, 3.63) is 53.0 Å². The van der Waals surface area contributed by atoms with Crippen molar-refractivity contribution in [3.8, 4) is 10.6 Å². The zero-order valence-electron chi connectivity index (χ0n) is 10.3. The van der Waals surface area contributed by atoms with E-state index in [2.05, 4.69) is 4.98 Å². The molecular formula is C15H11NO2S. The molecule has 1 aromatic heterocycles. The second-order valence-corrected chi connectivity index (χ2v) is 5.26. The first-order chi connectivity index (χ1) is 9.16. The van der Waals surface area contributed by atoms with Crippen molar-refractivity contribution in [1.29, 1.82) is 0 Å². The third-order valence-electron chi connectivity index (χ3n) is 3.01. The SMILES string of the molecule is Cc1nc(-c2cccc3ccccc23)sc1C(=O)O. The number of aromatic carboxylic acids is 1. The molecule has 0 aliphatic rings. The first-order valence-corrected chi connectivity index (χ1v) is 6.67. The Morgan fingerprint density at radius 1 is 1.16 bits per heavy atom. The second kappa shape index (κ2) is 4.48. The van der Waals surface area contributed by atoms with E-state index in [4.69, 9.17) is 5.11 Å². The minimum atomic E-state index is -0.915. The summed E-state index contributed by atoms with van der Waals surface area (Å²) in [5.74, 6) is -0.915. The lowest BCUT2D eigenvalue weighted by molar-refractivity contribution is 0.0701. The minimum Gasteiger partial charge on any atom is -0.477 e. The largest absolute Gasteiger partial charge is 0.477 e. The van der Waals surface area contributed by atoms with Gasteiger partial charge < -0.3 is 5.11 Å². The summed E-state index contributed by atoms with van der Waals surface area (Å²) in [6, 6.07) is 14.0. The Balaban J connectivity index is 2.25. The van der Waals surface area contributed by atoms with Crippen LogP contribution < -0.4 is 0 Å². The molecule has 0 radical (unpaired) electrons. The molecule has 1 heterocycles. The molecular weight excluding hydrogens is 258 g/mol. The van der Waals surface area contributed by atoms with E-state index < -0.39 is 5.97 Å². The Labute approximate surface area is 114 Å². The lowest BCUT2D eigenvalue weighted by atomic mass is 10.1. The number of rotatable bonds is 2. The molecule has 3 nitrogen and oxygen atoms in total. The Morgan fingerprint density at radius 2 is 1.89 bits per heavy atom. The van der Waals surface area contributed by atoms with Gasteiger partial charge in [0.25, 0.3) is 0 Å². The van der Waals surface area contributed by atoms with Gasteiger partial charge in [0.05, 0.1) is 5.69 Å². The van der Waals surface area contributed by atoms with Crippen LogP contribution in [0, 0.1) is 6.92 Å². The maximum Gasteiger partial charge on any atom is 0.347 e. The van der Waals surface area contributed by atoms with Gasteiger partial charge in [0.15, 0.2) is 0 Å². The quantitative estimate of drug-likeness (QED) is 0.765. The maximum absolute atomic E-state index is 11.1. The smallest absolute Gasteiger partial charge is 0.347 e. The average molecular weight is 269 g/mol. The second-order valence-electron chi connectivity index (χ2n) is 4.27. The number of benzene rings is 2. The third-order valence-corrected chi connectivity index (χ3v) is 4.19. The summed E-state index contributed by atoms with van der Waals surface area (Å²) < 4.78 is 0. The van der Waals surface area contributed by atoms with Gasteiger partial charge in [-0.3, -0.25) is 0 Å². The molecule has 0 bridgehead atoms. The predicted molar refractivity (Wildman–Crippen MR) is 76.8 cm³/mol. The van der Waals surface area contributed by atoms with Crippen LogP contribution >= 0.6 is 11.3 Å². The molecule has 0 aliphatic carbocycles. The number of thiazole rings is 1. The summed E-state index contributed by atoms with van der Waals surface area (Å²) in [5, 5.41) is 12.1. The molecule has 2 aromatic carbocycles. The number of nitrogens with zero attached hydrogens (tertiary/aromatic N) is 1. The van der Waals surface area contributed by atoms with Gasteiger partial charge >= 0.3 is 5.97 Å². The lowest BCUT2D eigenvalue weighted by Gasteiger charge is -2.02. The number of fused-ring (bicyclic) bond motifs is 1. The highest BCUT2D eigenvalue weighted by Crippen LogP contribution is 2.33. The summed E-state index contributed by atoms with van der Waals surface area (Å²) in [5.41, 5.74) is 1.55. The molecule has 0 saturated carbocycles. The van der Waals surface area contributed by atoms with E-state index in [0.29, 0.717) is 10.6 Å². The predicted octanol–water partition coefficient (Wildman–Crippen LogP) is 3.97. The van der Waals surface area contributed by atoms with Crippen molar-refractivity contribution in [2.75, 3.05) is 0 Å². The maximum atomic E-state index is 11.1. The molecule has 0 spiro atoms. The van der Waals surface area contributed by atoms with E-state index in [1.54, 1.807) is 6.92 Å². The van der Waals surface area contributed by atoms with Crippen molar-refractivity contribution < 1.29 is 9.90 Å². The Kier molecular flexibility index (Phi) is 2.80. The van der Waals surface area contributed by atoms with Gasteiger partial charge in [0.1, 0.15) is 9.88 Å². The molecule has 19 heavy (non-hydrogen) atoms. The fraction of sp³-hybridized carbons (Fsp3) is 0.0667.